The van der Waals surface area contributed by atoms with E-state index in [1.807, 2.05) is 13.0 Å². The molecule has 2 aliphatic heterocycles. The van der Waals surface area contributed by atoms with Gasteiger partial charge in [0.1, 0.15) is 5.82 Å². The van der Waals surface area contributed by atoms with E-state index in [0.29, 0.717) is 0 Å². The second-order valence-electron chi connectivity index (χ2n) is 4.77. The van der Waals surface area contributed by atoms with Crippen LogP contribution in [0.15, 0.2) is 24.3 Å². The normalized spacial score (nSPS) is 18.2. The number of nitrogens with zero attached hydrogens (tertiary/aromatic N) is 1. The number of halogens is 1. The van der Waals surface area contributed by atoms with Crippen LogP contribution >= 0.6 is 0 Å². The quantitative estimate of drug-likeness (QED) is 0.633. The Labute approximate surface area is 110 Å². The van der Waals surface area contributed by atoms with Gasteiger partial charge in [-0.3, -0.25) is 0 Å². The Morgan fingerprint density at radius 1 is 1.17 bits per heavy atom. The zero-order valence-electron chi connectivity index (χ0n) is 11.1. The topological polar surface area (TPSA) is 3.24 Å². The van der Waals surface area contributed by atoms with Gasteiger partial charge >= 0.3 is 0 Å². The van der Waals surface area contributed by atoms with Crippen molar-refractivity contribution in [3.05, 3.63) is 35.6 Å². The summed E-state index contributed by atoms with van der Waals surface area (Å²) >= 11 is 0. The number of hydrogen-bond donors (Lipinski definition) is 0. The molecule has 0 atom stereocenters. The lowest BCUT2D eigenvalue weighted by molar-refractivity contribution is 0.325. The Hall–Kier alpha value is -1.33. The van der Waals surface area contributed by atoms with Crippen molar-refractivity contribution in [1.82, 2.24) is 4.90 Å². The van der Waals surface area contributed by atoms with Crippen molar-refractivity contribution in [2.24, 2.45) is 0 Å². The smallest absolute Gasteiger partial charge is 0.123 e. The van der Waals surface area contributed by atoms with Gasteiger partial charge in [0.05, 0.1) is 0 Å². The average molecular weight is 247 g/mol. The Balaban J connectivity index is 0.000000159. The summed E-state index contributed by atoms with van der Waals surface area (Å²) in [5.74, 6) is -0.162. The van der Waals surface area contributed by atoms with E-state index in [4.69, 9.17) is 0 Å². The van der Waals surface area contributed by atoms with Crippen LogP contribution in [0.5, 0.6) is 0 Å². The predicted octanol–water partition coefficient (Wildman–Crippen LogP) is 3.63. The zero-order chi connectivity index (χ0) is 13.4. The van der Waals surface area contributed by atoms with Crippen LogP contribution < -0.4 is 0 Å². The number of benzene rings is 1. The van der Waals surface area contributed by atoms with E-state index in [1.54, 1.807) is 6.07 Å². The number of hydrogen-bond acceptors (Lipinski definition) is 1. The second kappa shape index (κ2) is 7.89. The maximum Gasteiger partial charge on any atom is 0.123 e. The fourth-order valence-corrected chi connectivity index (χ4v) is 2.65. The molecule has 0 radical (unpaired) electrons. The molecule has 3 rings (SSSR count). The maximum absolute atomic E-state index is 12.2. The summed E-state index contributed by atoms with van der Waals surface area (Å²) < 4.78 is 12.2. The second-order valence-corrected chi connectivity index (χ2v) is 4.77. The minimum absolute atomic E-state index is 0.162. The van der Waals surface area contributed by atoms with E-state index < -0.39 is 0 Å². The molecule has 0 spiro atoms. The average Bonchev–Trinajstić information content (AvgIpc) is 2.94. The van der Waals surface area contributed by atoms with Gasteiger partial charge in [0.15, 0.2) is 0 Å². The van der Waals surface area contributed by atoms with Crippen LogP contribution in [0.3, 0.4) is 0 Å². The van der Waals surface area contributed by atoms with E-state index in [9.17, 15) is 4.39 Å². The Morgan fingerprint density at radius 2 is 1.78 bits per heavy atom. The fraction of sp³-hybridized carbons (Fsp3) is 0.500. The fourth-order valence-electron chi connectivity index (χ4n) is 2.65. The molecular formula is C16H22FN. The minimum atomic E-state index is -0.162. The number of rotatable bonds is 0. The molecule has 1 aromatic carbocycles. The maximum atomic E-state index is 12.2. The van der Waals surface area contributed by atoms with Gasteiger partial charge in [-0.1, -0.05) is 12.1 Å². The van der Waals surface area contributed by atoms with Crippen molar-refractivity contribution in [3.63, 3.8) is 0 Å². The number of terminal acetylenes is 1. The van der Waals surface area contributed by atoms with Crippen molar-refractivity contribution in [1.29, 1.82) is 0 Å². The van der Waals surface area contributed by atoms with Gasteiger partial charge in [0, 0.05) is 6.04 Å². The number of fused-ring (bicyclic) bond motifs is 1. The van der Waals surface area contributed by atoms with Crippen LogP contribution in [0.1, 0.15) is 31.2 Å². The highest BCUT2D eigenvalue weighted by atomic mass is 19.1. The highest BCUT2D eigenvalue weighted by Gasteiger charge is 2.27. The molecule has 2 aliphatic rings. The first-order valence-corrected chi connectivity index (χ1v) is 6.55. The SMILES string of the molecule is C#C.C1CC2CCCN2C1.Cc1cccc(F)c1. The first-order chi connectivity index (χ1) is 8.75. The Morgan fingerprint density at radius 3 is 2.17 bits per heavy atom. The van der Waals surface area contributed by atoms with Crippen molar-refractivity contribution >= 4 is 0 Å². The van der Waals surface area contributed by atoms with Crippen LogP contribution in [0.25, 0.3) is 0 Å². The monoisotopic (exact) mass is 247 g/mol. The van der Waals surface area contributed by atoms with Crippen LogP contribution in [0.4, 0.5) is 4.39 Å². The summed E-state index contributed by atoms with van der Waals surface area (Å²) in [7, 11) is 0. The molecule has 2 fully saturated rings. The number of aryl methyl sites for hydroxylation is 1. The molecular weight excluding hydrogens is 225 g/mol. The lowest BCUT2D eigenvalue weighted by atomic mass is 10.2. The molecule has 0 aliphatic carbocycles. The lowest BCUT2D eigenvalue weighted by Gasteiger charge is -2.11. The predicted molar refractivity (Wildman–Crippen MR) is 74.9 cm³/mol. The van der Waals surface area contributed by atoms with Gasteiger partial charge in [0.25, 0.3) is 0 Å². The van der Waals surface area contributed by atoms with Crippen LogP contribution in [-0.4, -0.2) is 24.0 Å². The molecule has 0 unspecified atom stereocenters. The summed E-state index contributed by atoms with van der Waals surface area (Å²) in [6.45, 7) is 4.65. The molecule has 1 aromatic rings. The summed E-state index contributed by atoms with van der Waals surface area (Å²) in [6, 6.07) is 7.51. The van der Waals surface area contributed by atoms with E-state index in [-0.39, 0.29) is 5.82 Å². The van der Waals surface area contributed by atoms with Crippen LogP contribution in [0, 0.1) is 25.6 Å². The van der Waals surface area contributed by atoms with Crippen molar-refractivity contribution in [3.8, 4) is 12.8 Å². The molecule has 0 amide bonds. The van der Waals surface area contributed by atoms with Crippen molar-refractivity contribution in [2.45, 2.75) is 38.6 Å². The third-order valence-corrected chi connectivity index (χ3v) is 3.46. The molecule has 1 nitrogen and oxygen atoms in total. The highest BCUT2D eigenvalue weighted by molar-refractivity contribution is 5.13. The molecule has 0 saturated carbocycles. The van der Waals surface area contributed by atoms with Gasteiger partial charge in [-0.05, 0) is 63.4 Å². The zero-order valence-corrected chi connectivity index (χ0v) is 11.1. The summed E-state index contributed by atoms with van der Waals surface area (Å²) in [5.41, 5.74) is 0.963. The lowest BCUT2D eigenvalue weighted by Crippen LogP contribution is -2.21. The third-order valence-electron chi connectivity index (χ3n) is 3.46. The van der Waals surface area contributed by atoms with Gasteiger partial charge in [-0.15, -0.1) is 12.8 Å². The highest BCUT2D eigenvalue weighted by Crippen LogP contribution is 2.26. The molecule has 0 bridgehead atoms. The molecule has 2 heteroatoms. The first kappa shape index (κ1) is 14.7. The van der Waals surface area contributed by atoms with E-state index in [0.717, 1.165) is 11.6 Å². The van der Waals surface area contributed by atoms with Gasteiger partial charge < -0.3 is 4.90 Å². The summed E-state index contributed by atoms with van der Waals surface area (Å²) in [6.07, 6.45) is 13.9. The first-order valence-electron chi connectivity index (χ1n) is 6.55. The summed E-state index contributed by atoms with van der Waals surface area (Å²) in [5, 5.41) is 0. The van der Waals surface area contributed by atoms with Gasteiger partial charge in [-0.2, -0.15) is 0 Å². The molecule has 0 N–H and O–H groups in total. The largest absolute Gasteiger partial charge is 0.300 e. The van der Waals surface area contributed by atoms with Crippen molar-refractivity contribution < 1.29 is 4.39 Å². The standard InChI is InChI=1S/C7H7F.C7H13N.C2H2/c1-6-3-2-4-7(8)5-6;1-3-7-4-2-6-8(7)5-1;1-2/h2-5H,1H3;7H,1-6H2;1-2H. The molecule has 2 heterocycles. The van der Waals surface area contributed by atoms with Gasteiger partial charge in [-0.25, -0.2) is 4.39 Å². The Bertz CT molecular complexity index is 335. The van der Waals surface area contributed by atoms with Crippen LogP contribution in [0.2, 0.25) is 0 Å². The third kappa shape index (κ3) is 4.50. The van der Waals surface area contributed by atoms with E-state index >= 15 is 0 Å². The van der Waals surface area contributed by atoms with E-state index in [1.165, 1.54) is 50.9 Å². The molecule has 0 aromatic heterocycles. The summed E-state index contributed by atoms with van der Waals surface area (Å²) in [4.78, 5) is 2.64. The van der Waals surface area contributed by atoms with Gasteiger partial charge in [0.2, 0.25) is 0 Å². The molecule has 18 heavy (non-hydrogen) atoms. The van der Waals surface area contributed by atoms with Crippen LogP contribution in [-0.2, 0) is 0 Å². The molecule has 2 saturated heterocycles. The Kier molecular flexibility index (Phi) is 6.46. The minimum Gasteiger partial charge on any atom is -0.300 e. The molecule has 98 valence electrons. The van der Waals surface area contributed by atoms with Crippen molar-refractivity contribution in [2.75, 3.05) is 13.1 Å². The van der Waals surface area contributed by atoms with E-state index in [2.05, 4.69) is 17.7 Å².